The van der Waals surface area contributed by atoms with Crippen molar-refractivity contribution < 1.29 is 9.53 Å². The number of hydrogen-bond donors (Lipinski definition) is 0. The zero-order valence-corrected chi connectivity index (χ0v) is 11.7. The molecular formula is C15H30N2O2. The lowest BCUT2D eigenvalue weighted by Gasteiger charge is -2.39. The van der Waals surface area contributed by atoms with Crippen molar-refractivity contribution in [1.82, 2.24) is 9.80 Å². The fraction of sp³-hybridized carbons (Fsp3) is 0.933. The number of carbonyl (C=O) groups is 1. The number of piperidine rings is 2. The molecule has 0 saturated carbocycles. The van der Waals surface area contributed by atoms with Gasteiger partial charge in [0.25, 0.3) is 0 Å². The Morgan fingerprint density at radius 3 is 2.16 bits per heavy atom. The molecule has 0 spiro atoms. The largest absolute Gasteiger partial charge is 0.447 e. The third-order valence-corrected chi connectivity index (χ3v) is 3.97. The highest BCUT2D eigenvalue weighted by atomic mass is 16.6. The third-order valence-electron chi connectivity index (χ3n) is 3.97. The van der Waals surface area contributed by atoms with E-state index in [4.69, 9.17) is 4.74 Å². The second-order valence-corrected chi connectivity index (χ2v) is 5.75. The Labute approximate surface area is 118 Å². The highest BCUT2D eigenvalue weighted by molar-refractivity contribution is 5.67. The minimum atomic E-state index is -0.137. The number of ether oxygens (including phenoxy) is 1. The number of amides is 1. The van der Waals surface area contributed by atoms with Crippen LogP contribution in [0.5, 0.6) is 0 Å². The summed E-state index contributed by atoms with van der Waals surface area (Å²) in [7, 11) is 0. The Hall–Kier alpha value is -0.770. The average Bonchev–Trinajstić information content (AvgIpc) is 2.39. The monoisotopic (exact) mass is 270 g/mol. The molecule has 2 aliphatic heterocycles. The van der Waals surface area contributed by atoms with Gasteiger partial charge in [-0.3, -0.25) is 0 Å². The van der Waals surface area contributed by atoms with Gasteiger partial charge in [0.1, 0.15) is 0 Å². The highest BCUT2D eigenvalue weighted by Gasteiger charge is 2.28. The van der Waals surface area contributed by atoms with E-state index in [0.29, 0.717) is 6.04 Å². The topological polar surface area (TPSA) is 32.8 Å². The summed E-state index contributed by atoms with van der Waals surface area (Å²) in [5, 5.41) is 0. The van der Waals surface area contributed by atoms with E-state index in [9.17, 15) is 4.79 Å². The second-order valence-electron chi connectivity index (χ2n) is 5.75. The molecule has 0 aromatic heterocycles. The van der Waals surface area contributed by atoms with Crippen molar-refractivity contribution in [1.29, 1.82) is 0 Å². The van der Waals surface area contributed by atoms with Gasteiger partial charge in [-0.1, -0.05) is 13.8 Å². The van der Waals surface area contributed by atoms with Crippen LogP contribution in [0.25, 0.3) is 0 Å². The van der Waals surface area contributed by atoms with Crippen molar-refractivity contribution in [3.8, 4) is 0 Å². The van der Waals surface area contributed by atoms with Crippen LogP contribution in [0.2, 0.25) is 0 Å². The number of nitrogens with zero attached hydrogens (tertiary/aromatic N) is 2. The van der Waals surface area contributed by atoms with Crippen molar-refractivity contribution in [2.45, 2.75) is 65.5 Å². The van der Waals surface area contributed by atoms with E-state index in [-0.39, 0.29) is 19.6 Å². The summed E-state index contributed by atoms with van der Waals surface area (Å²) < 4.78 is 5.24. The second kappa shape index (κ2) is 7.73. The summed E-state index contributed by atoms with van der Waals surface area (Å²) in [5.41, 5.74) is 0. The highest BCUT2D eigenvalue weighted by Crippen LogP contribution is 2.21. The Morgan fingerprint density at radius 2 is 1.63 bits per heavy atom. The van der Waals surface area contributed by atoms with Crippen LogP contribution in [0.4, 0.5) is 4.79 Å². The van der Waals surface area contributed by atoms with Crippen molar-refractivity contribution in [2.75, 3.05) is 26.2 Å². The van der Waals surface area contributed by atoms with Gasteiger partial charge in [-0.25, -0.2) is 4.79 Å². The number of hydrogen-bond acceptors (Lipinski definition) is 3. The minimum Gasteiger partial charge on any atom is -0.447 e. The molecule has 2 aliphatic rings. The fourth-order valence-corrected chi connectivity index (χ4v) is 2.97. The first-order chi connectivity index (χ1) is 8.66. The number of likely N-dealkylation sites (tertiary alicyclic amines) is 2. The Morgan fingerprint density at radius 1 is 1.05 bits per heavy atom. The summed E-state index contributed by atoms with van der Waals surface area (Å²) in [4.78, 5) is 16.3. The summed E-state index contributed by atoms with van der Waals surface area (Å²) in [6.07, 6.45) is 6.13. The van der Waals surface area contributed by atoms with Crippen molar-refractivity contribution >= 4 is 6.09 Å². The summed E-state index contributed by atoms with van der Waals surface area (Å²) in [5.74, 6) is 0. The fourth-order valence-electron chi connectivity index (χ4n) is 2.97. The van der Waals surface area contributed by atoms with Gasteiger partial charge in [0, 0.05) is 19.1 Å². The van der Waals surface area contributed by atoms with Crippen LogP contribution in [-0.2, 0) is 4.74 Å². The molecular weight excluding hydrogens is 240 g/mol. The molecule has 112 valence electrons. The molecule has 4 heteroatoms. The standard InChI is InChI=1S/C14H26N2O2.CH4/c1-12(2)18-14(17)16-10-6-13(7-11-16)15-8-4-3-5-9-15;/h12-13H,3-11H2,1-2H3;1H4. The molecule has 1 amide bonds. The quantitative estimate of drug-likeness (QED) is 0.773. The normalized spacial score (nSPS) is 22.2. The Balaban J connectivity index is 0.00000180. The molecule has 0 aliphatic carbocycles. The predicted molar refractivity (Wildman–Crippen MR) is 78.4 cm³/mol. The molecule has 0 aromatic rings. The summed E-state index contributed by atoms with van der Waals surface area (Å²) >= 11 is 0. The van der Waals surface area contributed by atoms with Gasteiger partial charge in [0.15, 0.2) is 0 Å². The van der Waals surface area contributed by atoms with Gasteiger partial charge in [-0.05, 0) is 52.6 Å². The average molecular weight is 270 g/mol. The van der Waals surface area contributed by atoms with Gasteiger partial charge in [-0.15, -0.1) is 0 Å². The van der Waals surface area contributed by atoms with E-state index >= 15 is 0 Å². The Kier molecular flexibility index (Phi) is 6.63. The lowest BCUT2D eigenvalue weighted by Crippen LogP contribution is -2.48. The number of carbonyl (C=O) groups excluding carboxylic acids is 1. The minimum absolute atomic E-state index is 0. The van der Waals surface area contributed by atoms with Gasteiger partial charge >= 0.3 is 6.09 Å². The molecule has 4 nitrogen and oxygen atoms in total. The van der Waals surface area contributed by atoms with E-state index in [2.05, 4.69) is 4.90 Å². The maximum atomic E-state index is 11.8. The number of rotatable bonds is 2. The predicted octanol–water partition coefficient (Wildman–Crippen LogP) is 3.12. The third kappa shape index (κ3) is 4.68. The van der Waals surface area contributed by atoms with Crippen LogP contribution in [-0.4, -0.2) is 54.2 Å². The van der Waals surface area contributed by atoms with Crippen LogP contribution < -0.4 is 0 Å². The van der Waals surface area contributed by atoms with Gasteiger partial charge in [0.2, 0.25) is 0 Å². The lowest BCUT2D eigenvalue weighted by molar-refractivity contribution is 0.0514. The molecule has 2 rings (SSSR count). The van der Waals surface area contributed by atoms with Crippen molar-refractivity contribution in [2.24, 2.45) is 0 Å². The molecule has 0 radical (unpaired) electrons. The smallest absolute Gasteiger partial charge is 0.410 e. The van der Waals surface area contributed by atoms with Gasteiger partial charge < -0.3 is 14.5 Å². The molecule has 0 atom stereocenters. The molecule has 2 saturated heterocycles. The molecule has 2 fully saturated rings. The van der Waals surface area contributed by atoms with Crippen LogP contribution in [0, 0.1) is 0 Å². The maximum absolute atomic E-state index is 11.8. The van der Waals surface area contributed by atoms with Crippen molar-refractivity contribution in [3.05, 3.63) is 0 Å². The van der Waals surface area contributed by atoms with Crippen LogP contribution >= 0.6 is 0 Å². The van der Waals surface area contributed by atoms with Crippen LogP contribution in [0.3, 0.4) is 0 Å². The Bertz CT molecular complexity index is 267. The zero-order chi connectivity index (χ0) is 13.0. The molecule has 0 N–H and O–H groups in total. The molecule has 19 heavy (non-hydrogen) atoms. The van der Waals surface area contributed by atoms with E-state index in [0.717, 1.165) is 25.9 Å². The molecule has 0 unspecified atom stereocenters. The summed E-state index contributed by atoms with van der Waals surface area (Å²) in [6, 6.07) is 0.688. The van der Waals surface area contributed by atoms with E-state index < -0.39 is 0 Å². The zero-order valence-electron chi connectivity index (χ0n) is 11.7. The SMILES string of the molecule is C.CC(C)OC(=O)N1CCC(N2CCCCC2)CC1. The molecule has 0 bridgehead atoms. The van der Waals surface area contributed by atoms with Crippen LogP contribution in [0.1, 0.15) is 53.4 Å². The van der Waals surface area contributed by atoms with E-state index in [1.54, 1.807) is 0 Å². The first kappa shape index (κ1) is 16.3. The van der Waals surface area contributed by atoms with Gasteiger partial charge in [-0.2, -0.15) is 0 Å². The van der Waals surface area contributed by atoms with Crippen molar-refractivity contribution in [3.63, 3.8) is 0 Å². The first-order valence-corrected chi connectivity index (χ1v) is 7.36. The van der Waals surface area contributed by atoms with Gasteiger partial charge in [0.05, 0.1) is 6.10 Å². The van der Waals surface area contributed by atoms with Crippen LogP contribution in [0.15, 0.2) is 0 Å². The van der Waals surface area contributed by atoms with E-state index in [1.165, 1.54) is 32.4 Å². The lowest BCUT2D eigenvalue weighted by atomic mass is 10.0. The van der Waals surface area contributed by atoms with E-state index in [1.807, 2.05) is 18.7 Å². The summed E-state index contributed by atoms with van der Waals surface area (Å²) in [6.45, 7) is 8.01. The molecule has 2 heterocycles. The maximum Gasteiger partial charge on any atom is 0.410 e. The molecule has 0 aromatic carbocycles. The first-order valence-electron chi connectivity index (χ1n) is 7.36.